The molecule has 0 atom stereocenters. The van der Waals surface area contributed by atoms with Crippen LogP contribution in [0.15, 0.2) is 60.7 Å². The summed E-state index contributed by atoms with van der Waals surface area (Å²) in [6.07, 6.45) is 7.67. The van der Waals surface area contributed by atoms with E-state index in [1.54, 1.807) is 0 Å². The van der Waals surface area contributed by atoms with Crippen LogP contribution in [0.4, 0.5) is 10.1 Å². The van der Waals surface area contributed by atoms with Gasteiger partial charge in [-0.15, -0.1) is 0 Å². The summed E-state index contributed by atoms with van der Waals surface area (Å²) < 4.78 is 13.0. The first-order chi connectivity index (χ1) is 12.1. The van der Waals surface area contributed by atoms with E-state index in [4.69, 9.17) is 0 Å². The molecular weight excluding hydrogens is 311 g/mol. The Morgan fingerprint density at radius 1 is 1.04 bits per heavy atom. The molecule has 0 amide bonds. The number of benzene rings is 2. The molecule has 0 aromatic heterocycles. The van der Waals surface area contributed by atoms with Crippen molar-refractivity contribution in [1.29, 1.82) is 0 Å². The Labute approximate surface area is 149 Å². The summed E-state index contributed by atoms with van der Waals surface area (Å²) in [5.74, 6) is -0.175. The molecule has 2 aromatic rings. The molecule has 2 nitrogen and oxygen atoms in total. The topological polar surface area (TPSA) is 6.48 Å². The fraction of sp³-hybridized carbons (Fsp3) is 0.273. The molecule has 0 fully saturated rings. The summed E-state index contributed by atoms with van der Waals surface area (Å²) in [7, 11) is 4.10. The highest BCUT2D eigenvalue weighted by Crippen LogP contribution is 2.22. The van der Waals surface area contributed by atoms with E-state index in [0.717, 1.165) is 31.6 Å². The SMILES string of the molecule is CN(C)c1ccc(C=CCN2CC=C(c3ccc(F)cc3)CC2)cc1. The Bertz CT molecular complexity index is 743. The predicted molar refractivity (Wildman–Crippen MR) is 105 cm³/mol. The lowest BCUT2D eigenvalue weighted by atomic mass is 9.99. The minimum Gasteiger partial charge on any atom is -0.378 e. The van der Waals surface area contributed by atoms with Crippen molar-refractivity contribution in [3.8, 4) is 0 Å². The molecule has 1 heterocycles. The zero-order valence-electron chi connectivity index (χ0n) is 15.0. The average molecular weight is 336 g/mol. The fourth-order valence-electron chi connectivity index (χ4n) is 3.02. The van der Waals surface area contributed by atoms with Gasteiger partial charge in [-0.05, 0) is 47.4 Å². The Kier molecular flexibility index (Phi) is 5.67. The molecule has 1 aliphatic rings. The Hall–Kier alpha value is -2.39. The van der Waals surface area contributed by atoms with Crippen LogP contribution < -0.4 is 4.90 Å². The molecular formula is C22H25FN2. The Balaban J connectivity index is 1.52. The van der Waals surface area contributed by atoms with Gasteiger partial charge in [0.1, 0.15) is 5.82 Å². The standard InChI is InChI=1S/C22H25FN2/c1-24(2)22-11-5-18(6-12-22)4-3-15-25-16-13-20(14-17-25)19-7-9-21(23)10-8-19/h3-13H,14-17H2,1-2H3. The maximum absolute atomic E-state index is 13.0. The van der Waals surface area contributed by atoms with Gasteiger partial charge in [-0.2, -0.15) is 0 Å². The maximum Gasteiger partial charge on any atom is 0.123 e. The minimum absolute atomic E-state index is 0.175. The number of hydrogen-bond acceptors (Lipinski definition) is 2. The predicted octanol–water partition coefficient (Wildman–Crippen LogP) is 4.69. The van der Waals surface area contributed by atoms with Gasteiger partial charge in [0.05, 0.1) is 0 Å². The molecule has 0 aliphatic carbocycles. The van der Waals surface area contributed by atoms with E-state index in [1.807, 2.05) is 12.1 Å². The van der Waals surface area contributed by atoms with Gasteiger partial charge in [-0.25, -0.2) is 4.39 Å². The summed E-state index contributed by atoms with van der Waals surface area (Å²) in [4.78, 5) is 4.52. The van der Waals surface area contributed by atoms with Crippen LogP contribution in [0, 0.1) is 5.82 Å². The smallest absolute Gasteiger partial charge is 0.123 e. The molecule has 0 spiro atoms. The molecule has 0 saturated carbocycles. The van der Waals surface area contributed by atoms with E-state index in [1.165, 1.54) is 29.0 Å². The van der Waals surface area contributed by atoms with E-state index >= 15 is 0 Å². The zero-order valence-corrected chi connectivity index (χ0v) is 15.0. The first-order valence-electron chi connectivity index (χ1n) is 8.73. The van der Waals surface area contributed by atoms with E-state index in [2.05, 4.69) is 66.4 Å². The van der Waals surface area contributed by atoms with Crippen LogP contribution in [0.5, 0.6) is 0 Å². The number of halogens is 1. The lowest BCUT2D eigenvalue weighted by Crippen LogP contribution is -2.28. The van der Waals surface area contributed by atoms with Crippen LogP contribution in [-0.2, 0) is 0 Å². The molecule has 0 radical (unpaired) electrons. The average Bonchev–Trinajstić information content (AvgIpc) is 2.63. The normalized spacial score (nSPS) is 15.4. The molecule has 0 unspecified atom stereocenters. The monoisotopic (exact) mass is 336 g/mol. The highest BCUT2D eigenvalue weighted by Gasteiger charge is 2.11. The van der Waals surface area contributed by atoms with Crippen LogP contribution in [0.3, 0.4) is 0 Å². The summed E-state index contributed by atoms with van der Waals surface area (Å²) in [6, 6.07) is 15.4. The number of nitrogens with zero attached hydrogens (tertiary/aromatic N) is 2. The van der Waals surface area contributed by atoms with E-state index in [9.17, 15) is 4.39 Å². The van der Waals surface area contributed by atoms with Crippen molar-refractivity contribution < 1.29 is 4.39 Å². The Morgan fingerprint density at radius 2 is 1.76 bits per heavy atom. The zero-order chi connectivity index (χ0) is 17.6. The number of hydrogen-bond donors (Lipinski definition) is 0. The van der Waals surface area contributed by atoms with Gasteiger partial charge in [-0.1, -0.05) is 42.5 Å². The van der Waals surface area contributed by atoms with Gasteiger partial charge < -0.3 is 4.90 Å². The lowest BCUT2D eigenvalue weighted by molar-refractivity contribution is 0.335. The van der Waals surface area contributed by atoms with Crippen molar-refractivity contribution in [1.82, 2.24) is 4.90 Å². The van der Waals surface area contributed by atoms with Crippen molar-refractivity contribution in [2.75, 3.05) is 38.6 Å². The van der Waals surface area contributed by atoms with Crippen molar-refractivity contribution in [3.63, 3.8) is 0 Å². The fourth-order valence-corrected chi connectivity index (χ4v) is 3.02. The van der Waals surface area contributed by atoms with Crippen LogP contribution in [0.1, 0.15) is 17.5 Å². The summed E-state index contributed by atoms with van der Waals surface area (Å²) in [5.41, 5.74) is 4.90. The van der Waals surface area contributed by atoms with Gasteiger partial charge in [0.15, 0.2) is 0 Å². The maximum atomic E-state index is 13.0. The van der Waals surface area contributed by atoms with Crippen LogP contribution in [0.2, 0.25) is 0 Å². The van der Waals surface area contributed by atoms with Crippen molar-refractivity contribution >= 4 is 17.3 Å². The quantitative estimate of drug-likeness (QED) is 0.781. The van der Waals surface area contributed by atoms with Gasteiger partial charge in [0.2, 0.25) is 0 Å². The second-order valence-corrected chi connectivity index (χ2v) is 6.63. The highest BCUT2D eigenvalue weighted by molar-refractivity contribution is 5.66. The van der Waals surface area contributed by atoms with Crippen LogP contribution in [-0.4, -0.2) is 38.6 Å². The third kappa shape index (κ3) is 4.80. The van der Waals surface area contributed by atoms with Crippen molar-refractivity contribution in [2.24, 2.45) is 0 Å². The van der Waals surface area contributed by atoms with Crippen LogP contribution in [0.25, 0.3) is 11.6 Å². The van der Waals surface area contributed by atoms with E-state index in [-0.39, 0.29) is 5.82 Å². The third-order valence-corrected chi connectivity index (χ3v) is 4.59. The van der Waals surface area contributed by atoms with Gasteiger partial charge in [0.25, 0.3) is 0 Å². The van der Waals surface area contributed by atoms with Gasteiger partial charge >= 0.3 is 0 Å². The summed E-state index contributed by atoms with van der Waals surface area (Å²) in [6.45, 7) is 2.92. The first-order valence-corrected chi connectivity index (χ1v) is 8.73. The van der Waals surface area contributed by atoms with Gasteiger partial charge in [0, 0.05) is 39.4 Å². The summed E-state index contributed by atoms with van der Waals surface area (Å²) in [5, 5.41) is 0. The molecule has 2 aromatic carbocycles. The molecule has 1 aliphatic heterocycles. The van der Waals surface area contributed by atoms with Gasteiger partial charge in [-0.3, -0.25) is 4.90 Å². The van der Waals surface area contributed by atoms with E-state index < -0.39 is 0 Å². The van der Waals surface area contributed by atoms with Crippen molar-refractivity contribution in [3.05, 3.63) is 77.6 Å². The first kappa shape index (κ1) is 17.4. The largest absolute Gasteiger partial charge is 0.378 e. The molecule has 25 heavy (non-hydrogen) atoms. The van der Waals surface area contributed by atoms with Crippen molar-refractivity contribution in [2.45, 2.75) is 6.42 Å². The minimum atomic E-state index is -0.175. The number of anilines is 1. The molecule has 0 bridgehead atoms. The molecule has 0 N–H and O–H groups in total. The van der Waals surface area contributed by atoms with E-state index in [0.29, 0.717) is 0 Å². The molecule has 3 rings (SSSR count). The number of rotatable bonds is 5. The van der Waals surface area contributed by atoms with Crippen LogP contribution >= 0.6 is 0 Å². The highest BCUT2D eigenvalue weighted by atomic mass is 19.1. The molecule has 130 valence electrons. The molecule has 0 saturated heterocycles. The molecule has 3 heteroatoms. The lowest BCUT2D eigenvalue weighted by Gasteiger charge is -2.25. The third-order valence-electron chi connectivity index (χ3n) is 4.59. The second-order valence-electron chi connectivity index (χ2n) is 6.63. The second kappa shape index (κ2) is 8.13. The Morgan fingerprint density at radius 3 is 2.36 bits per heavy atom. The summed E-state index contributed by atoms with van der Waals surface area (Å²) >= 11 is 0.